The molecule has 51 heavy (non-hydrogen) atoms. The molecule has 6 heterocycles. The van der Waals surface area contributed by atoms with Crippen LogP contribution in [0.1, 0.15) is 94.1 Å². The zero-order valence-corrected chi connectivity index (χ0v) is 30.2. The van der Waals surface area contributed by atoms with Gasteiger partial charge in [-0.15, -0.1) is 0 Å². The number of carbonyl (C=O) groups excluding carboxylic acids is 2. The summed E-state index contributed by atoms with van der Waals surface area (Å²) in [5.74, 6) is 0.644. The molecule has 1 unspecified atom stereocenters. The number of hydrogen-bond acceptors (Lipinski definition) is 11. The summed E-state index contributed by atoms with van der Waals surface area (Å²) in [6, 6.07) is 3.98. The van der Waals surface area contributed by atoms with E-state index in [1.54, 1.807) is 17.7 Å². The monoisotopic (exact) mass is 695 g/mol. The number of ketones is 1. The van der Waals surface area contributed by atoms with Gasteiger partial charge in [0, 0.05) is 56.3 Å². The maximum absolute atomic E-state index is 13.6. The van der Waals surface area contributed by atoms with Crippen LogP contribution in [0, 0.1) is 18.8 Å². The van der Waals surface area contributed by atoms with Gasteiger partial charge in [-0.2, -0.15) is 4.98 Å². The zero-order valence-electron chi connectivity index (χ0n) is 30.2. The van der Waals surface area contributed by atoms with Gasteiger partial charge < -0.3 is 19.7 Å². The Kier molecular flexibility index (Phi) is 8.94. The lowest BCUT2D eigenvalue weighted by Crippen LogP contribution is -2.49. The van der Waals surface area contributed by atoms with E-state index in [1.165, 1.54) is 12.5 Å². The third-order valence-corrected chi connectivity index (χ3v) is 12.1. The summed E-state index contributed by atoms with van der Waals surface area (Å²) in [6.45, 7) is 11.7. The summed E-state index contributed by atoms with van der Waals surface area (Å²) in [4.78, 5) is 58.0. The van der Waals surface area contributed by atoms with Gasteiger partial charge in [0.25, 0.3) is 5.56 Å². The predicted molar refractivity (Wildman–Crippen MR) is 195 cm³/mol. The summed E-state index contributed by atoms with van der Waals surface area (Å²) in [5.41, 5.74) is 3.34. The van der Waals surface area contributed by atoms with Gasteiger partial charge in [-0.1, -0.05) is 24.5 Å². The first kappa shape index (κ1) is 34.0. The number of aromatic nitrogens is 4. The number of nitrogens with one attached hydrogen (secondary N) is 1. The van der Waals surface area contributed by atoms with Crippen molar-refractivity contribution >= 4 is 40.2 Å². The number of aryl methyl sites for hydroxylation is 1. The number of Topliss-reactive ketones (excluding diaryl/α,β-unsaturated/α-hetero) is 1. The maximum Gasteiger partial charge on any atom is 0.311 e. The summed E-state index contributed by atoms with van der Waals surface area (Å²) in [6.07, 6.45) is 13.7. The van der Waals surface area contributed by atoms with E-state index in [2.05, 4.69) is 45.0 Å². The van der Waals surface area contributed by atoms with E-state index in [9.17, 15) is 14.4 Å². The number of carbonyl (C=O) groups is 2. The van der Waals surface area contributed by atoms with Gasteiger partial charge in [0.15, 0.2) is 5.78 Å². The van der Waals surface area contributed by atoms with Crippen molar-refractivity contribution in [3.05, 3.63) is 57.7 Å². The Morgan fingerprint density at radius 1 is 1.04 bits per heavy atom. The Bertz CT molecular complexity index is 1930. The van der Waals surface area contributed by atoms with Crippen LogP contribution in [0.2, 0.25) is 0 Å². The molecule has 12 heteroatoms. The Labute approximate surface area is 298 Å². The number of anilines is 3. The summed E-state index contributed by atoms with van der Waals surface area (Å²) >= 11 is 0. The average molecular weight is 696 g/mol. The second kappa shape index (κ2) is 13.4. The Morgan fingerprint density at radius 2 is 1.82 bits per heavy atom. The topological polar surface area (TPSA) is 135 Å². The molecule has 3 aliphatic heterocycles. The fourth-order valence-electron chi connectivity index (χ4n) is 9.13. The molecule has 0 amide bonds. The first-order valence-corrected chi connectivity index (χ1v) is 18.8. The molecular weight excluding hydrogens is 646 g/mol. The maximum atomic E-state index is 13.6. The van der Waals surface area contributed by atoms with Gasteiger partial charge in [0.1, 0.15) is 23.7 Å². The van der Waals surface area contributed by atoms with Crippen molar-refractivity contribution in [3.63, 3.8) is 0 Å². The lowest BCUT2D eigenvalue weighted by molar-refractivity contribution is -0.145. The van der Waals surface area contributed by atoms with Gasteiger partial charge in [-0.25, -0.2) is 9.97 Å². The van der Waals surface area contributed by atoms with Crippen LogP contribution >= 0.6 is 0 Å². The SMILES string of the molecule is CC(=O)c1c(C)c2cnc(Nc3ccc(N4CCN(CC5C(=O)O[C@@H]6[C@H]7O[C@]7(C)CCC/C=C(\C)C[C@@H]56)CC4)cn3)nc2n(C2CCCC2)c1=O. The highest BCUT2D eigenvalue weighted by Crippen LogP contribution is 2.50. The molecule has 2 aliphatic carbocycles. The molecule has 3 saturated heterocycles. The molecule has 12 nitrogen and oxygen atoms in total. The van der Waals surface area contributed by atoms with E-state index in [0.29, 0.717) is 34.9 Å². The molecule has 3 aromatic rings. The number of epoxide rings is 1. The second-order valence-electron chi connectivity index (χ2n) is 15.6. The van der Waals surface area contributed by atoms with Crippen LogP contribution in [0.15, 0.2) is 41.0 Å². The van der Waals surface area contributed by atoms with Crippen LogP contribution in [0.5, 0.6) is 0 Å². The molecule has 0 bridgehead atoms. The van der Waals surface area contributed by atoms with Crippen molar-refractivity contribution in [1.29, 1.82) is 0 Å². The van der Waals surface area contributed by atoms with Gasteiger partial charge in [0.2, 0.25) is 5.95 Å². The highest BCUT2D eigenvalue weighted by atomic mass is 16.6. The lowest BCUT2D eigenvalue weighted by Gasteiger charge is -2.37. The third kappa shape index (κ3) is 6.45. The molecular formula is C39H49N7O5. The predicted octanol–water partition coefficient (Wildman–Crippen LogP) is 5.51. The first-order chi connectivity index (χ1) is 24.6. The first-order valence-electron chi connectivity index (χ1n) is 18.8. The van der Waals surface area contributed by atoms with Crippen molar-refractivity contribution in [3.8, 4) is 0 Å². The fraction of sp³-hybridized carbons (Fsp3) is 0.590. The van der Waals surface area contributed by atoms with Crippen molar-refractivity contribution in [2.24, 2.45) is 11.8 Å². The molecule has 5 atom stereocenters. The van der Waals surface area contributed by atoms with E-state index >= 15 is 0 Å². The number of allylic oxidation sites excluding steroid dienone is 2. The zero-order chi connectivity index (χ0) is 35.4. The molecule has 5 aliphatic rings. The van der Waals surface area contributed by atoms with Crippen LogP contribution in [-0.2, 0) is 14.3 Å². The summed E-state index contributed by atoms with van der Waals surface area (Å²) in [7, 11) is 0. The van der Waals surface area contributed by atoms with Crippen molar-refractivity contribution in [1.82, 2.24) is 24.4 Å². The molecule has 1 N–H and O–H groups in total. The number of piperazine rings is 1. The van der Waals surface area contributed by atoms with Crippen molar-refractivity contribution in [2.45, 2.75) is 103 Å². The van der Waals surface area contributed by atoms with Crippen LogP contribution in [0.25, 0.3) is 11.0 Å². The van der Waals surface area contributed by atoms with Crippen LogP contribution in [0.4, 0.5) is 17.5 Å². The smallest absolute Gasteiger partial charge is 0.311 e. The van der Waals surface area contributed by atoms with Gasteiger partial charge >= 0.3 is 5.97 Å². The third-order valence-electron chi connectivity index (χ3n) is 12.1. The number of ether oxygens (including phenoxy) is 2. The van der Waals surface area contributed by atoms with Crippen molar-refractivity contribution < 1.29 is 19.1 Å². The van der Waals surface area contributed by atoms with Crippen LogP contribution in [0.3, 0.4) is 0 Å². The lowest BCUT2D eigenvalue weighted by atomic mass is 9.80. The quantitative estimate of drug-likeness (QED) is 0.145. The Morgan fingerprint density at radius 3 is 2.55 bits per heavy atom. The second-order valence-corrected chi connectivity index (χ2v) is 15.6. The normalized spacial score (nSPS) is 29.6. The minimum absolute atomic E-state index is 0.0149. The summed E-state index contributed by atoms with van der Waals surface area (Å²) < 4.78 is 14.0. The number of fused-ring (bicyclic) bond motifs is 4. The minimum atomic E-state index is -0.266. The molecule has 1 saturated carbocycles. The largest absolute Gasteiger partial charge is 0.459 e. The fourth-order valence-corrected chi connectivity index (χ4v) is 9.13. The summed E-state index contributed by atoms with van der Waals surface area (Å²) in [5, 5.41) is 3.94. The Balaban J connectivity index is 0.923. The highest BCUT2D eigenvalue weighted by Gasteiger charge is 2.62. The molecule has 8 rings (SSSR count). The average Bonchev–Trinajstić information content (AvgIpc) is 3.36. The number of rotatable bonds is 7. The number of nitrogens with zero attached hydrogens (tertiary/aromatic N) is 6. The molecule has 0 spiro atoms. The van der Waals surface area contributed by atoms with E-state index in [0.717, 1.165) is 83.2 Å². The van der Waals surface area contributed by atoms with Crippen LogP contribution in [-0.4, -0.2) is 86.7 Å². The molecule has 4 fully saturated rings. The highest BCUT2D eigenvalue weighted by molar-refractivity contribution is 5.99. The van der Waals surface area contributed by atoms with Gasteiger partial charge in [0.05, 0.1) is 29.0 Å². The van der Waals surface area contributed by atoms with E-state index in [-0.39, 0.29) is 58.6 Å². The number of pyridine rings is 2. The molecule has 270 valence electrons. The van der Waals surface area contributed by atoms with E-state index < -0.39 is 0 Å². The molecule has 0 aromatic carbocycles. The van der Waals surface area contributed by atoms with E-state index in [1.807, 2.05) is 18.3 Å². The standard InChI is InChI=1S/C39H49N7O5/c1-23-9-7-8-14-39(4)34(51-39)33-28(19-23)30(37(49)50-33)22-44-15-17-45(18-16-44)27-12-13-31(40-20-27)42-38-41-21-29-24(2)32(25(3)47)36(48)46(35(29)43-38)26-10-5-6-11-26/h9,12-13,20-21,26,28,30,33-34H,5-8,10-11,14-19,22H2,1-4H3,(H,40,41,42,43)/b23-9+/t28-,30?,33-,34+,39+/m0/s1. The van der Waals surface area contributed by atoms with E-state index in [4.69, 9.17) is 14.5 Å². The van der Waals surface area contributed by atoms with Gasteiger partial charge in [-0.3, -0.25) is 23.9 Å². The van der Waals surface area contributed by atoms with Gasteiger partial charge in [-0.05, 0) is 83.9 Å². The number of hydrogen-bond donors (Lipinski definition) is 1. The number of esters is 1. The van der Waals surface area contributed by atoms with Crippen molar-refractivity contribution in [2.75, 3.05) is 42.9 Å². The Hall–Kier alpha value is -4.16. The molecule has 0 radical (unpaired) electrons. The minimum Gasteiger partial charge on any atom is -0.459 e. The molecule has 3 aromatic heterocycles. The van der Waals surface area contributed by atoms with Crippen LogP contribution < -0.4 is 15.8 Å².